The zero-order chi connectivity index (χ0) is 16.3. The minimum atomic E-state index is -4.73. The van der Waals surface area contributed by atoms with Crippen molar-refractivity contribution in [1.82, 2.24) is 4.90 Å². The first-order chi connectivity index (χ1) is 9.68. The van der Waals surface area contributed by atoms with Gasteiger partial charge in [-0.25, -0.2) is 0 Å². The van der Waals surface area contributed by atoms with E-state index in [-0.39, 0.29) is 5.75 Å². The molecule has 2 N–H and O–H groups in total. The maximum Gasteiger partial charge on any atom is 0.573 e. The largest absolute Gasteiger partial charge is 0.573 e. The molecular formula is C15H23F3N2O. The summed E-state index contributed by atoms with van der Waals surface area (Å²) < 4.78 is 41.7. The van der Waals surface area contributed by atoms with Crippen LogP contribution in [-0.2, 0) is 0 Å². The van der Waals surface area contributed by atoms with Gasteiger partial charge in [-0.05, 0) is 33.0 Å². The standard InChI is InChI=1S/C15H23F3N2O/c1-5-14(6-2,20(3)4)13(19)11-9-7-8-10-12(11)21-15(16,17)18/h7-10,13H,5-6,19H2,1-4H3. The van der Waals surface area contributed by atoms with Crippen LogP contribution in [0.3, 0.4) is 0 Å². The van der Waals surface area contributed by atoms with E-state index in [4.69, 9.17) is 5.73 Å². The third-order valence-corrected chi connectivity index (χ3v) is 4.17. The van der Waals surface area contributed by atoms with Gasteiger partial charge in [0.2, 0.25) is 0 Å². The zero-order valence-electron chi connectivity index (χ0n) is 12.9. The van der Waals surface area contributed by atoms with Crippen molar-refractivity contribution in [3.63, 3.8) is 0 Å². The van der Waals surface area contributed by atoms with Crippen LogP contribution in [-0.4, -0.2) is 30.9 Å². The molecule has 0 heterocycles. The highest BCUT2D eigenvalue weighted by Gasteiger charge is 2.39. The monoisotopic (exact) mass is 304 g/mol. The number of benzene rings is 1. The maximum absolute atomic E-state index is 12.5. The van der Waals surface area contributed by atoms with Crippen LogP contribution in [0, 0.1) is 0 Å². The lowest BCUT2D eigenvalue weighted by atomic mass is 9.80. The Labute approximate surface area is 123 Å². The molecule has 0 aliphatic heterocycles. The summed E-state index contributed by atoms with van der Waals surface area (Å²) in [5.74, 6) is -0.231. The van der Waals surface area contributed by atoms with Gasteiger partial charge in [-0.2, -0.15) is 0 Å². The summed E-state index contributed by atoms with van der Waals surface area (Å²) in [6.07, 6.45) is -3.29. The number of para-hydroxylation sites is 1. The second-order valence-corrected chi connectivity index (χ2v) is 5.27. The van der Waals surface area contributed by atoms with Crippen LogP contribution in [0.4, 0.5) is 13.2 Å². The molecule has 1 atom stereocenters. The quantitative estimate of drug-likeness (QED) is 0.871. The normalized spacial score (nSPS) is 14.3. The molecule has 0 spiro atoms. The van der Waals surface area contributed by atoms with E-state index in [0.717, 1.165) is 12.8 Å². The molecule has 0 amide bonds. The lowest BCUT2D eigenvalue weighted by molar-refractivity contribution is -0.275. The third kappa shape index (κ3) is 3.89. The Morgan fingerprint density at radius 2 is 1.67 bits per heavy atom. The molecule has 3 nitrogen and oxygen atoms in total. The van der Waals surface area contributed by atoms with Crippen molar-refractivity contribution in [2.24, 2.45) is 5.73 Å². The minimum Gasteiger partial charge on any atom is -0.405 e. The number of halogens is 3. The smallest absolute Gasteiger partial charge is 0.405 e. The van der Waals surface area contributed by atoms with Crippen molar-refractivity contribution in [1.29, 1.82) is 0 Å². The van der Waals surface area contributed by atoms with Crippen molar-refractivity contribution in [2.45, 2.75) is 44.6 Å². The number of ether oxygens (including phenoxy) is 1. The van der Waals surface area contributed by atoms with E-state index >= 15 is 0 Å². The van der Waals surface area contributed by atoms with Crippen LogP contribution in [0.15, 0.2) is 24.3 Å². The van der Waals surface area contributed by atoms with Gasteiger partial charge in [0.1, 0.15) is 5.75 Å². The topological polar surface area (TPSA) is 38.5 Å². The maximum atomic E-state index is 12.5. The summed E-state index contributed by atoms with van der Waals surface area (Å²) in [6, 6.07) is 5.49. The van der Waals surface area contributed by atoms with E-state index in [1.165, 1.54) is 12.1 Å². The molecule has 21 heavy (non-hydrogen) atoms. The van der Waals surface area contributed by atoms with Crippen LogP contribution in [0.2, 0.25) is 0 Å². The van der Waals surface area contributed by atoms with E-state index in [1.807, 2.05) is 32.8 Å². The SMILES string of the molecule is CCC(CC)(C(N)c1ccccc1OC(F)(F)F)N(C)C. The average Bonchev–Trinajstić information content (AvgIpc) is 2.39. The van der Waals surface area contributed by atoms with Gasteiger partial charge >= 0.3 is 6.36 Å². The lowest BCUT2D eigenvalue weighted by Gasteiger charge is -2.44. The Balaban J connectivity index is 3.26. The van der Waals surface area contributed by atoms with E-state index in [9.17, 15) is 13.2 Å². The van der Waals surface area contributed by atoms with Gasteiger partial charge in [-0.15, -0.1) is 13.2 Å². The zero-order valence-corrected chi connectivity index (χ0v) is 12.9. The fraction of sp³-hybridized carbons (Fsp3) is 0.600. The fourth-order valence-corrected chi connectivity index (χ4v) is 2.84. The van der Waals surface area contributed by atoms with Crippen molar-refractivity contribution in [2.75, 3.05) is 14.1 Å². The number of nitrogens with zero attached hydrogens (tertiary/aromatic N) is 1. The molecule has 0 aromatic heterocycles. The van der Waals surface area contributed by atoms with Gasteiger partial charge in [-0.1, -0.05) is 32.0 Å². The Bertz CT molecular complexity index is 456. The molecule has 1 aromatic rings. The second kappa shape index (κ2) is 6.66. The Hall–Kier alpha value is -1.27. The van der Waals surface area contributed by atoms with E-state index < -0.39 is 17.9 Å². The van der Waals surface area contributed by atoms with Crippen molar-refractivity contribution < 1.29 is 17.9 Å². The van der Waals surface area contributed by atoms with E-state index in [2.05, 4.69) is 4.74 Å². The lowest BCUT2D eigenvalue weighted by Crippen LogP contribution is -2.51. The van der Waals surface area contributed by atoms with Crippen LogP contribution in [0.25, 0.3) is 0 Å². The summed E-state index contributed by atoms with van der Waals surface area (Å²) in [5.41, 5.74) is 6.27. The highest BCUT2D eigenvalue weighted by molar-refractivity contribution is 5.38. The van der Waals surface area contributed by atoms with Crippen LogP contribution in [0.1, 0.15) is 38.3 Å². The summed E-state index contributed by atoms with van der Waals surface area (Å²) in [7, 11) is 3.78. The van der Waals surface area contributed by atoms with Gasteiger partial charge in [0.05, 0.1) is 6.04 Å². The van der Waals surface area contributed by atoms with Crippen LogP contribution >= 0.6 is 0 Å². The van der Waals surface area contributed by atoms with Crippen LogP contribution < -0.4 is 10.5 Å². The van der Waals surface area contributed by atoms with E-state index in [0.29, 0.717) is 5.56 Å². The molecule has 0 saturated heterocycles. The number of rotatable bonds is 6. The number of likely N-dealkylation sites (N-methyl/N-ethyl adjacent to an activating group) is 1. The second-order valence-electron chi connectivity index (χ2n) is 5.27. The number of hydrogen-bond acceptors (Lipinski definition) is 3. The molecule has 0 aliphatic rings. The molecule has 1 unspecified atom stereocenters. The number of nitrogens with two attached hydrogens (primary N) is 1. The summed E-state index contributed by atoms with van der Waals surface area (Å²) in [6.45, 7) is 3.97. The first-order valence-electron chi connectivity index (χ1n) is 6.95. The molecule has 1 aromatic carbocycles. The highest BCUT2D eigenvalue weighted by atomic mass is 19.4. The predicted octanol–water partition coefficient (Wildman–Crippen LogP) is 3.71. The molecule has 0 radical (unpaired) electrons. The molecule has 6 heteroatoms. The molecule has 1 rings (SSSR count). The average molecular weight is 304 g/mol. The van der Waals surface area contributed by atoms with Gasteiger partial charge in [0.25, 0.3) is 0 Å². The Morgan fingerprint density at radius 1 is 1.14 bits per heavy atom. The van der Waals surface area contributed by atoms with Crippen LogP contribution in [0.5, 0.6) is 5.75 Å². The van der Waals surface area contributed by atoms with Crippen molar-refractivity contribution >= 4 is 0 Å². The van der Waals surface area contributed by atoms with Gasteiger partial charge < -0.3 is 15.4 Å². The van der Waals surface area contributed by atoms with Gasteiger partial charge in [-0.3, -0.25) is 0 Å². The molecule has 120 valence electrons. The minimum absolute atomic E-state index is 0.231. The molecule has 0 fully saturated rings. The summed E-state index contributed by atoms with van der Waals surface area (Å²) in [4.78, 5) is 1.97. The summed E-state index contributed by atoms with van der Waals surface area (Å²) in [5, 5.41) is 0. The fourth-order valence-electron chi connectivity index (χ4n) is 2.84. The Morgan fingerprint density at radius 3 is 2.10 bits per heavy atom. The molecule has 0 bridgehead atoms. The molecule has 0 saturated carbocycles. The predicted molar refractivity (Wildman–Crippen MR) is 77.1 cm³/mol. The van der Waals surface area contributed by atoms with Gasteiger partial charge in [0.15, 0.2) is 0 Å². The highest BCUT2D eigenvalue weighted by Crippen LogP contribution is 2.39. The first kappa shape index (κ1) is 17.8. The molecule has 0 aliphatic carbocycles. The van der Waals surface area contributed by atoms with E-state index in [1.54, 1.807) is 12.1 Å². The number of hydrogen-bond donors (Lipinski definition) is 1. The Kier molecular flexibility index (Phi) is 5.64. The molecular weight excluding hydrogens is 281 g/mol. The summed E-state index contributed by atoms with van der Waals surface area (Å²) >= 11 is 0. The van der Waals surface area contributed by atoms with Gasteiger partial charge in [0, 0.05) is 11.1 Å². The van der Waals surface area contributed by atoms with Crippen molar-refractivity contribution in [3.8, 4) is 5.75 Å². The first-order valence-corrected chi connectivity index (χ1v) is 6.95. The van der Waals surface area contributed by atoms with Crippen molar-refractivity contribution in [3.05, 3.63) is 29.8 Å². The number of alkyl halides is 3. The third-order valence-electron chi connectivity index (χ3n) is 4.17.